The molecule has 0 aliphatic rings. The number of carboxylic acid groups (broad SMARTS) is 1. The van der Waals surface area contributed by atoms with E-state index in [0.717, 1.165) is 17.4 Å². The summed E-state index contributed by atoms with van der Waals surface area (Å²) in [6.45, 7) is 4.99. The molecular formula is C19H21FN2O4S. The molecule has 6 nitrogen and oxygen atoms in total. The van der Waals surface area contributed by atoms with Crippen LogP contribution in [0.5, 0.6) is 0 Å². The molecule has 1 unspecified atom stereocenters. The average molecular weight is 392 g/mol. The van der Waals surface area contributed by atoms with Crippen LogP contribution in [-0.2, 0) is 4.79 Å². The van der Waals surface area contributed by atoms with Gasteiger partial charge in [0.2, 0.25) is 0 Å². The summed E-state index contributed by atoms with van der Waals surface area (Å²) in [7, 11) is 0. The molecule has 2 rings (SSSR count). The zero-order valence-corrected chi connectivity index (χ0v) is 16.1. The van der Waals surface area contributed by atoms with Gasteiger partial charge in [0.15, 0.2) is 0 Å². The third-order valence-electron chi connectivity index (χ3n) is 4.12. The van der Waals surface area contributed by atoms with Crippen molar-refractivity contribution in [1.82, 2.24) is 4.90 Å². The van der Waals surface area contributed by atoms with Gasteiger partial charge in [0.1, 0.15) is 12.4 Å². The maximum atomic E-state index is 13.3. The lowest BCUT2D eigenvalue weighted by molar-refractivity contribution is -0.138. The van der Waals surface area contributed by atoms with Crippen molar-refractivity contribution in [3.63, 3.8) is 0 Å². The second kappa shape index (κ2) is 8.77. The topological polar surface area (TPSA) is 86.7 Å². The van der Waals surface area contributed by atoms with Gasteiger partial charge in [0.25, 0.3) is 11.8 Å². The normalized spacial score (nSPS) is 11.7. The predicted molar refractivity (Wildman–Crippen MR) is 102 cm³/mol. The number of rotatable bonds is 7. The fourth-order valence-corrected chi connectivity index (χ4v) is 3.52. The van der Waals surface area contributed by atoms with Crippen molar-refractivity contribution < 1.29 is 23.9 Å². The number of aryl methyl sites for hydroxylation is 1. The first-order valence-corrected chi connectivity index (χ1v) is 9.24. The Balaban J connectivity index is 2.22. The number of halogens is 1. The summed E-state index contributed by atoms with van der Waals surface area (Å²) in [6.07, 6.45) is 0.618. The third kappa shape index (κ3) is 5.13. The van der Waals surface area contributed by atoms with E-state index in [2.05, 4.69) is 5.32 Å². The van der Waals surface area contributed by atoms with Crippen LogP contribution >= 0.6 is 11.3 Å². The highest BCUT2D eigenvalue weighted by Crippen LogP contribution is 2.29. The Kier molecular flexibility index (Phi) is 6.68. The molecule has 0 aliphatic carbocycles. The summed E-state index contributed by atoms with van der Waals surface area (Å²) in [5, 5.41) is 12.2. The van der Waals surface area contributed by atoms with Gasteiger partial charge < -0.3 is 15.3 Å². The van der Waals surface area contributed by atoms with Crippen LogP contribution in [0.25, 0.3) is 0 Å². The highest BCUT2D eigenvalue weighted by atomic mass is 32.1. The van der Waals surface area contributed by atoms with E-state index in [1.807, 2.05) is 6.92 Å². The largest absolute Gasteiger partial charge is 0.480 e. The van der Waals surface area contributed by atoms with E-state index in [0.29, 0.717) is 21.9 Å². The summed E-state index contributed by atoms with van der Waals surface area (Å²) in [4.78, 5) is 37.9. The molecular weight excluding hydrogens is 371 g/mol. The van der Waals surface area contributed by atoms with Crippen LogP contribution in [-0.4, -0.2) is 40.4 Å². The number of anilines is 1. The zero-order valence-electron chi connectivity index (χ0n) is 15.3. The molecule has 0 radical (unpaired) electrons. The molecule has 0 fully saturated rings. The number of nitrogens with zero attached hydrogens (tertiary/aromatic N) is 1. The number of carbonyl (C=O) groups is 3. The van der Waals surface area contributed by atoms with E-state index in [9.17, 15) is 18.8 Å². The van der Waals surface area contributed by atoms with Gasteiger partial charge in [-0.2, -0.15) is 0 Å². The van der Waals surface area contributed by atoms with Crippen LogP contribution in [0.4, 0.5) is 9.39 Å². The van der Waals surface area contributed by atoms with E-state index >= 15 is 0 Å². The molecule has 0 bridgehead atoms. The highest BCUT2D eigenvalue weighted by molar-refractivity contribution is 7.18. The van der Waals surface area contributed by atoms with Crippen molar-refractivity contribution in [1.29, 1.82) is 0 Å². The van der Waals surface area contributed by atoms with Gasteiger partial charge in [-0.15, -0.1) is 11.3 Å². The summed E-state index contributed by atoms with van der Waals surface area (Å²) in [6, 6.07) is 6.70. The molecule has 2 aromatic rings. The van der Waals surface area contributed by atoms with Gasteiger partial charge in [-0.05, 0) is 50.1 Å². The molecule has 8 heteroatoms. The van der Waals surface area contributed by atoms with E-state index in [-0.39, 0.29) is 17.5 Å². The van der Waals surface area contributed by atoms with Gasteiger partial charge >= 0.3 is 5.97 Å². The predicted octanol–water partition coefficient (Wildman–Crippen LogP) is 3.77. The molecule has 1 aromatic carbocycles. The number of aliphatic carboxylic acids is 1. The minimum Gasteiger partial charge on any atom is -0.480 e. The SMILES string of the molecule is CCC(C)N(CC(=O)O)C(=O)c1sc(NC(=O)c2cccc(F)c2)cc1C. The quantitative estimate of drug-likeness (QED) is 0.751. The number of hydrogen-bond acceptors (Lipinski definition) is 4. The molecule has 1 aromatic heterocycles. The van der Waals surface area contributed by atoms with Crippen LogP contribution in [0.2, 0.25) is 0 Å². The number of carboxylic acids is 1. The van der Waals surface area contributed by atoms with Crippen molar-refractivity contribution >= 4 is 34.1 Å². The fourth-order valence-electron chi connectivity index (χ4n) is 2.49. The lowest BCUT2D eigenvalue weighted by Gasteiger charge is -2.26. The number of thiophene rings is 1. The van der Waals surface area contributed by atoms with Crippen molar-refractivity contribution in [2.24, 2.45) is 0 Å². The van der Waals surface area contributed by atoms with Crippen LogP contribution in [0.1, 0.15) is 45.9 Å². The summed E-state index contributed by atoms with van der Waals surface area (Å²) < 4.78 is 13.3. The summed E-state index contributed by atoms with van der Waals surface area (Å²) in [5.41, 5.74) is 0.805. The molecule has 0 saturated heterocycles. The van der Waals surface area contributed by atoms with Crippen LogP contribution in [0.15, 0.2) is 30.3 Å². The van der Waals surface area contributed by atoms with Gasteiger partial charge in [0.05, 0.1) is 9.88 Å². The molecule has 0 spiro atoms. The Morgan fingerprint density at radius 2 is 2.00 bits per heavy atom. The third-order valence-corrected chi connectivity index (χ3v) is 5.27. The maximum absolute atomic E-state index is 13.3. The molecule has 27 heavy (non-hydrogen) atoms. The lowest BCUT2D eigenvalue weighted by atomic mass is 10.2. The second-order valence-electron chi connectivity index (χ2n) is 6.17. The Labute approximate surface area is 160 Å². The number of benzene rings is 1. The molecule has 2 N–H and O–H groups in total. The first-order chi connectivity index (χ1) is 12.7. The Hall–Kier alpha value is -2.74. The van der Waals surface area contributed by atoms with E-state index in [1.165, 1.54) is 23.1 Å². The van der Waals surface area contributed by atoms with E-state index in [1.54, 1.807) is 19.9 Å². The second-order valence-corrected chi connectivity index (χ2v) is 7.22. The number of amides is 2. The Morgan fingerprint density at radius 1 is 1.30 bits per heavy atom. The lowest BCUT2D eigenvalue weighted by Crippen LogP contribution is -2.41. The first-order valence-electron chi connectivity index (χ1n) is 8.43. The molecule has 0 aliphatic heterocycles. The summed E-state index contributed by atoms with van der Waals surface area (Å²) >= 11 is 1.07. The fraction of sp³-hybridized carbons (Fsp3) is 0.316. The Bertz CT molecular complexity index is 865. The first kappa shape index (κ1) is 20.6. The standard InChI is InChI=1S/C19H21FN2O4S/c1-4-12(3)22(10-16(23)24)19(26)17-11(2)8-15(27-17)21-18(25)13-6-5-7-14(20)9-13/h5-9,12H,4,10H2,1-3H3,(H,21,25)(H,23,24). The van der Waals surface area contributed by atoms with Gasteiger partial charge in [-0.1, -0.05) is 13.0 Å². The van der Waals surface area contributed by atoms with Crippen molar-refractivity contribution in [2.45, 2.75) is 33.2 Å². The zero-order chi connectivity index (χ0) is 20.1. The monoisotopic (exact) mass is 392 g/mol. The molecule has 0 saturated carbocycles. The van der Waals surface area contributed by atoms with Crippen molar-refractivity contribution in [3.05, 3.63) is 52.2 Å². The van der Waals surface area contributed by atoms with Gasteiger partial charge in [-0.3, -0.25) is 14.4 Å². The number of carbonyl (C=O) groups excluding carboxylic acids is 2. The van der Waals surface area contributed by atoms with Gasteiger partial charge in [0, 0.05) is 11.6 Å². The number of hydrogen-bond donors (Lipinski definition) is 2. The van der Waals surface area contributed by atoms with Crippen LogP contribution < -0.4 is 5.32 Å². The van der Waals surface area contributed by atoms with Crippen LogP contribution in [0.3, 0.4) is 0 Å². The van der Waals surface area contributed by atoms with E-state index in [4.69, 9.17) is 5.11 Å². The van der Waals surface area contributed by atoms with Crippen LogP contribution in [0, 0.1) is 12.7 Å². The highest BCUT2D eigenvalue weighted by Gasteiger charge is 2.26. The number of nitrogens with one attached hydrogen (secondary N) is 1. The van der Waals surface area contributed by atoms with Crippen molar-refractivity contribution in [3.8, 4) is 0 Å². The summed E-state index contributed by atoms with van der Waals surface area (Å²) in [5.74, 6) is -2.48. The maximum Gasteiger partial charge on any atom is 0.323 e. The minimum absolute atomic E-state index is 0.168. The van der Waals surface area contributed by atoms with Crippen molar-refractivity contribution in [2.75, 3.05) is 11.9 Å². The van der Waals surface area contributed by atoms with E-state index < -0.39 is 24.2 Å². The smallest absolute Gasteiger partial charge is 0.323 e. The Morgan fingerprint density at radius 3 is 2.59 bits per heavy atom. The molecule has 144 valence electrons. The molecule has 1 heterocycles. The molecule has 2 amide bonds. The average Bonchev–Trinajstić information content (AvgIpc) is 2.98. The molecule has 1 atom stereocenters. The van der Waals surface area contributed by atoms with Gasteiger partial charge in [-0.25, -0.2) is 4.39 Å². The minimum atomic E-state index is -1.09.